The maximum atomic E-state index is 11.0. The van der Waals surface area contributed by atoms with Gasteiger partial charge in [-0.15, -0.1) is 0 Å². The average molecular weight is 636 g/mol. The van der Waals surface area contributed by atoms with Gasteiger partial charge in [-0.3, -0.25) is 9.55 Å². The van der Waals surface area contributed by atoms with E-state index in [0.29, 0.717) is 11.4 Å². The number of imidazole rings is 1. The van der Waals surface area contributed by atoms with Gasteiger partial charge in [0, 0.05) is 28.4 Å². The first-order chi connectivity index (χ1) is 23.8. The van der Waals surface area contributed by atoms with E-state index in [1.54, 1.807) is 6.07 Å². The Bertz CT molecular complexity index is 2490. The van der Waals surface area contributed by atoms with E-state index in [2.05, 4.69) is 148 Å². The summed E-state index contributed by atoms with van der Waals surface area (Å²) in [5.41, 5.74) is 13.6. The molecule has 0 saturated carbocycles. The fourth-order valence-electron chi connectivity index (χ4n) is 6.93. The van der Waals surface area contributed by atoms with E-state index >= 15 is 0 Å². The van der Waals surface area contributed by atoms with Crippen molar-refractivity contribution in [2.75, 3.05) is 0 Å². The molecule has 49 heavy (non-hydrogen) atoms. The number of aromatic nitrogens is 3. The first-order valence-corrected chi connectivity index (χ1v) is 16.7. The van der Waals surface area contributed by atoms with Crippen molar-refractivity contribution in [2.45, 2.75) is 33.1 Å². The number of para-hydroxylation sites is 2. The fraction of sp³-hybridized carbons (Fsp3) is 0.111. The van der Waals surface area contributed by atoms with Gasteiger partial charge in [0.1, 0.15) is 11.6 Å². The summed E-state index contributed by atoms with van der Waals surface area (Å²) < 4.78 is 2.16. The molecule has 0 aliphatic rings. The number of aromatic hydroxyl groups is 1. The van der Waals surface area contributed by atoms with Gasteiger partial charge in [-0.05, 0) is 88.2 Å². The number of aryl methyl sites for hydroxylation is 1. The van der Waals surface area contributed by atoms with Crippen molar-refractivity contribution in [3.8, 4) is 56.2 Å². The zero-order valence-electron chi connectivity index (χ0n) is 28.1. The molecule has 0 radical (unpaired) electrons. The van der Waals surface area contributed by atoms with Crippen molar-refractivity contribution >= 4 is 21.9 Å². The summed E-state index contributed by atoms with van der Waals surface area (Å²) in [5.74, 6) is 0.893. The lowest BCUT2D eigenvalue weighted by Crippen LogP contribution is -2.11. The molecule has 0 saturated heterocycles. The molecule has 238 valence electrons. The van der Waals surface area contributed by atoms with Crippen LogP contribution in [0.15, 0.2) is 146 Å². The van der Waals surface area contributed by atoms with Crippen LogP contribution in [-0.2, 0) is 5.41 Å². The quantitative estimate of drug-likeness (QED) is 0.205. The van der Waals surface area contributed by atoms with Crippen LogP contribution in [-0.4, -0.2) is 19.6 Å². The van der Waals surface area contributed by atoms with Crippen LogP contribution in [0.5, 0.6) is 5.75 Å². The third-order valence-electron chi connectivity index (χ3n) is 9.49. The molecule has 0 bridgehead atoms. The lowest BCUT2D eigenvalue weighted by Gasteiger charge is -2.19. The Labute approximate surface area is 287 Å². The summed E-state index contributed by atoms with van der Waals surface area (Å²) in [4.78, 5) is 10.2. The van der Waals surface area contributed by atoms with E-state index < -0.39 is 0 Å². The summed E-state index contributed by atoms with van der Waals surface area (Å²) in [6, 6.07) is 48.1. The molecule has 0 aliphatic carbocycles. The molecule has 0 fully saturated rings. The second kappa shape index (κ2) is 11.9. The molecular formula is C45H37N3O. The standard InChI is InChI=1S/C45H37N3O/c1-29-20-25-37(43-41(29)35(26-27-46-43)30-12-6-5-7-13-30)32-15-10-14-31(28-32)36-17-11-18-39-42(36)47-44(38-16-8-9-19-40(38)49)48(39)34-23-21-33(22-24-34)45(2,3)4/h5-28,49H,1-4H3. The van der Waals surface area contributed by atoms with Gasteiger partial charge in [0.2, 0.25) is 0 Å². The van der Waals surface area contributed by atoms with Gasteiger partial charge in [-0.2, -0.15) is 0 Å². The van der Waals surface area contributed by atoms with Crippen molar-refractivity contribution in [1.29, 1.82) is 0 Å². The van der Waals surface area contributed by atoms with Gasteiger partial charge in [-0.1, -0.05) is 118 Å². The Morgan fingerprint density at radius 2 is 1.22 bits per heavy atom. The monoisotopic (exact) mass is 635 g/mol. The molecule has 0 unspecified atom stereocenters. The summed E-state index contributed by atoms with van der Waals surface area (Å²) >= 11 is 0. The van der Waals surface area contributed by atoms with Crippen LogP contribution in [0.2, 0.25) is 0 Å². The van der Waals surface area contributed by atoms with Crippen LogP contribution in [0.3, 0.4) is 0 Å². The molecule has 4 heteroatoms. The maximum absolute atomic E-state index is 11.0. The molecule has 0 amide bonds. The third-order valence-corrected chi connectivity index (χ3v) is 9.49. The number of benzene rings is 6. The Balaban J connectivity index is 1.31. The van der Waals surface area contributed by atoms with Crippen LogP contribution >= 0.6 is 0 Å². The minimum Gasteiger partial charge on any atom is -0.507 e. The van der Waals surface area contributed by atoms with Crippen molar-refractivity contribution in [2.24, 2.45) is 0 Å². The molecule has 4 nitrogen and oxygen atoms in total. The molecule has 8 aromatic rings. The van der Waals surface area contributed by atoms with Gasteiger partial charge in [0.05, 0.1) is 22.1 Å². The number of rotatable bonds is 5. The first-order valence-electron chi connectivity index (χ1n) is 16.7. The zero-order valence-corrected chi connectivity index (χ0v) is 28.1. The number of nitrogens with zero attached hydrogens (tertiary/aromatic N) is 3. The lowest BCUT2D eigenvalue weighted by molar-refractivity contribution is 0.477. The van der Waals surface area contributed by atoms with Crippen LogP contribution in [0.25, 0.3) is 72.4 Å². The predicted molar refractivity (Wildman–Crippen MR) is 203 cm³/mol. The Hall–Kier alpha value is -6.00. The van der Waals surface area contributed by atoms with Crippen molar-refractivity contribution in [1.82, 2.24) is 14.5 Å². The molecule has 8 rings (SSSR count). The van der Waals surface area contributed by atoms with E-state index in [4.69, 9.17) is 9.97 Å². The van der Waals surface area contributed by atoms with Gasteiger partial charge in [-0.25, -0.2) is 4.98 Å². The van der Waals surface area contributed by atoms with E-state index in [0.717, 1.165) is 44.5 Å². The zero-order chi connectivity index (χ0) is 33.7. The highest BCUT2D eigenvalue weighted by Gasteiger charge is 2.21. The first kappa shape index (κ1) is 30.3. The van der Waals surface area contributed by atoms with E-state index in [-0.39, 0.29) is 11.2 Å². The van der Waals surface area contributed by atoms with Gasteiger partial charge >= 0.3 is 0 Å². The van der Waals surface area contributed by atoms with Crippen LogP contribution in [0, 0.1) is 6.92 Å². The largest absolute Gasteiger partial charge is 0.507 e. The smallest absolute Gasteiger partial charge is 0.149 e. The number of phenols is 1. The Morgan fingerprint density at radius 1 is 0.571 bits per heavy atom. The lowest BCUT2D eigenvalue weighted by atomic mass is 9.87. The third kappa shape index (κ3) is 5.36. The molecule has 2 heterocycles. The van der Waals surface area contributed by atoms with Crippen molar-refractivity contribution in [3.05, 3.63) is 157 Å². The molecule has 0 aliphatic heterocycles. The van der Waals surface area contributed by atoms with E-state index in [1.165, 1.54) is 27.6 Å². The number of fused-ring (bicyclic) bond motifs is 2. The molecule has 2 aromatic heterocycles. The van der Waals surface area contributed by atoms with Gasteiger partial charge in [0.25, 0.3) is 0 Å². The average Bonchev–Trinajstić information content (AvgIpc) is 3.51. The van der Waals surface area contributed by atoms with E-state index in [9.17, 15) is 5.11 Å². The number of pyridine rings is 1. The molecule has 0 spiro atoms. The number of hydrogen-bond acceptors (Lipinski definition) is 3. The highest BCUT2D eigenvalue weighted by Crippen LogP contribution is 2.40. The SMILES string of the molecule is Cc1ccc(-c2cccc(-c3cccc4c3nc(-c3ccccc3O)n4-c3ccc(C(C)(C)C)cc3)c2)c2nccc(-c3ccccc3)c12. The normalized spacial score (nSPS) is 11.8. The second-order valence-electron chi connectivity index (χ2n) is 13.7. The van der Waals surface area contributed by atoms with Crippen LogP contribution in [0.4, 0.5) is 0 Å². The minimum absolute atomic E-state index is 0.0374. The fourth-order valence-corrected chi connectivity index (χ4v) is 6.93. The number of phenolic OH excluding ortho intramolecular Hbond substituents is 1. The maximum Gasteiger partial charge on any atom is 0.149 e. The molecule has 1 N–H and O–H groups in total. The van der Waals surface area contributed by atoms with Crippen molar-refractivity contribution < 1.29 is 5.11 Å². The predicted octanol–water partition coefficient (Wildman–Crippen LogP) is 11.6. The summed E-state index contributed by atoms with van der Waals surface area (Å²) in [5, 5.41) is 12.2. The summed E-state index contributed by atoms with van der Waals surface area (Å²) in [6.07, 6.45) is 1.92. The highest BCUT2D eigenvalue weighted by molar-refractivity contribution is 6.04. The topological polar surface area (TPSA) is 50.9 Å². The van der Waals surface area contributed by atoms with Gasteiger partial charge in [0.15, 0.2) is 0 Å². The van der Waals surface area contributed by atoms with E-state index in [1.807, 2.05) is 24.4 Å². The van der Waals surface area contributed by atoms with Crippen LogP contribution in [0.1, 0.15) is 31.9 Å². The van der Waals surface area contributed by atoms with Crippen LogP contribution < -0.4 is 0 Å². The summed E-state index contributed by atoms with van der Waals surface area (Å²) in [7, 11) is 0. The summed E-state index contributed by atoms with van der Waals surface area (Å²) in [6.45, 7) is 8.83. The molecule has 0 atom stereocenters. The van der Waals surface area contributed by atoms with Crippen molar-refractivity contribution in [3.63, 3.8) is 0 Å². The Morgan fingerprint density at radius 3 is 1.96 bits per heavy atom. The minimum atomic E-state index is 0.0374. The number of hydrogen-bond donors (Lipinski definition) is 1. The van der Waals surface area contributed by atoms with Gasteiger partial charge < -0.3 is 5.11 Å². The molecular weight excluding hydrogens is 599 g/mol. The highest BCUT2D eigenvalue weighted by atomic mass is 16.3. The Kier molecular flexibility index (Phi) is 7.37. The second-order valence-corrected chi connectivity index (χ2v) is 13.7. The molecule has 6 aromatic carbocycles.